The van der Waals surface area contributed by atoms with Crippen LogP contribution in [0.25, 0.3) is 5.69 Å². The first-order valence-corrected chi connectivity index (χ1v) is 5.20. The summed E-state index contributed by atoms with van der Waals surface area (Å²) in [7, 11) is 0. The quantitative estimate of drug-likeness (QED) is 0.860. The van der Waals surface area contributed by atoms with E-state index >= 15 is 0 Å². The highest BCUT2D eigenvalue weighted by Gasteiger charge is 2.18. The van der Waals surface area contributed by atoms with Crippen LogP contribution in [0.5, 0.6) is 0 Å². The third kappa shape index (κ3) is 1.82. The Morgan fingerprint density at radius 3 is 2.61 bits per heavy atom. The van der Waals surface area contributed by atoms with Crippen molar-refractivity contribution in [3.05, 3.63) is 41.0 Å². The van der Waals surface area contributed by atoms with Crippen molar-refractivity contribution < 1.29 is 9.90 Å². The molecule has 2 rings (SSSR count). The van der Waals surface area contributed by atoms with Gasteiger partial charge in [0, 0.05) is 0 Å². The van der Waals surface area contributed by atoms with E-state index in [1.54, 1.807) is 26.0 Å². The van der Waals surface area contributed by atoms with Crippen LogP contribution in [0, 0.1) is 25.2 Å². The zero-order valence-corrected chi connectivity index (χ0v) is 9.88. The Bertz CT molecular complexity index is 650. The third-order valence-electron chi connectivity index (χ3n) is 2.61. The van der Waals surface area contributed by atoms with E-state index in [1.165, 1.54) is 10.9 Å². The lowest BCUT2D eigenvalue weighted by molar-refractivity contribution is 0.0695. The van der Waals surface area contributed by atoms with Gasteiger partial charge in [0.15, 0.2) is 0 Å². The van der Waals surface area contributed by atoms with Crippen molar-refractivity contribution >= 4 is 5.97 Å². The van der Waals surface area contributed by atoms with Crippen LogP contribution < -0.4 is 0 Å². The summed E-state index contributed by atoms with van der Waals surface area (Å²) in [4.78, 5) is 15.0. The first-order chi connectivity index (χ1) is 8.54. The van der Waals surface area contributed by atoms with Crippen molar-refractivity contribution in [2.75, 3.05) is 0 Å². The second-order valence-corrected chi connectivity index (χ2v) is 3.78. The molecule has 0 aromatic carbocycles. The molecular weight excluding hydrogens is 232 g/mol. The van der Waals surface area contributed by atoms with Gasteiger partial charge in [0.1, 0.15) is 17.3 Å². The molecule has 2 aromatic rings. The zero-order valence-electron chi connectivity index (χ0n) is 9.88. The molecule has 0 fully saturated rings. The molecule has 2 aromatic heterocycles. The Kier molecular flexibility index (Phi) is 2.81. The molecular formula is C12H10N4O2. The zero-order chi connectivity index (χ0) is 13.3. The summed E-state index contributed by atoms with van der Waals surface area (Å²) in [5, 5.41) is 21.9. The molecule has 18 heavy (non-hydrogen) atoms. The molecule has 0 aliphatic carbocycles. The Morgan fingerprint density at radius 2 is 2.17 bits per heavy atom. The van der Waals surface area contributed by atoms with Crippen molar-refractivity contribution in [3.63, 3.8) is 0 Å². The molecule has 2 heterocycles. The number of carboxylic acid groups (broad SMARTS) is 1. The number of pyridine rings is 1. The fourth-order valence-electron chi connectivity index (χ4n) is 1.78. The highest BCUT2D eigenvalue weighted by atomic mass is 16.4. The minimum Gasteiger partial charge on any atom is -0.478 e. The van der Waals surface area contributed by atoms with E-state index < -0.39 is 5.97 Å². The fourth-order valence-corrected chi connectivity index (χ4v) is 1.78. The Labute approximate surface area is 103 Å². The maximum absolute atomic E-state index is 11.1. The molecule has 0 atom stereocenters. The van der Waals surface area contributed by atoms with Crippen molar-refractivity contribution in [1.29, 1.82) is 5.26 Å². The van der Waals surface area contributed by atoms with Crippen LogP contribution in [-0.2, 0) is 0 Å². The van der Waals surface area contributed by atoms with Gasteiger partial charge in [-0.05, 0) is 26.0 Å². The normalized spacial score (nSPS) is 10.1. The predicted molar refractivity (Wildman–Crippen MR) is 62.5 cm³/mol. The number of rotatable bonds is 2. The summed E-state index contributed by atoms with van der Waals surface area (Å²) >= 11 is 0. The maximum atomic E-state index is 11.1. The molecule has 0 unspecified atom stereocenters. The first-order valence-electron chi connectivity index (χ1n) is 5.20. The molecule has 0 saturated carbocycles. The van der Waals surface area contributed by atoms with Crippen LogP contribution in [0.1, 0.15) is 27.4 Å². The van der Waals surface area contributed by atoms with Crippen LogP contribution in [0.4, 0.5) is 0 Å². The summed E-state index contributed by atoms with van der Waals surface area (Å²) in [6.07, 6.45) is 1.49. The van der Waals surface area contributed by atoms with Crippen LogP contribution in [0.15, 0.2) is 18.3 Å². The third-order valence-corrected chi connectivity index (χ3v) is 2.61. The van der Waals surface area contributed by atoms with E-state index in [9.17, 15) is 4.79 Å². The van der Waals surface area contributed by atoms with E-state index in [0.717, 1.165) is 0 Å². The monoisotopic (exact) mass is 242 g/mol. The molecule has 1 N–H and O–H groups in total. The van der Waals surface area contributed by atoms with Crippen LogP contribution in [0.3, 0.4) is 0 Å². The van der Waals surface area contributed by atoms with E-state index in [2.05, 4.69) is 10.1 Å². The van der Waals surface area contributed by atoms with Gasteiger partial charge in [-0.25, -0.2) is 14.5 Å². The number of carboxylic acids is 1. The molecule has 6 heteroatoms. The van der Waals surface area contributed by atoms with Gasteiger partial charge in [0.2, 0.25) is 0 Å². The number of nitrogens with zero attached hydrogens (tertiary/aromatic N) is 4. The van der Waals surface area contributed by atoms with E-state index in [4.69, 9.17) is 10.4 Å². The Balaban J connectivity index is 2.55. The number of hydrogen-bond donors (Lipinski definition) is 1. The van der Waals surface area contributed by atoms with Crippen molar-refractivity contribution in [2.45, 2.75) is 13.8 Å². The summed E-state index contributed by atoms with van der Waals surface area (Å²) in [5.41, 5.74) is 2.11. The molecule has 90 valence electrons. The summed E-state index contributed by atoms with van der Waals surface area (Å²) in [6, 6.07) is 5.16. The molecule has 6 nitrogen and oxygen atoms in total. The van der Waals surface area contributed by atoms with E-state index in [0.29, 0.717) is 22.8 Å². The first kappa shape index (κ1) is 11.8. The molecule has 0 spiro atoms. The lowest BCUT2D eigenvalue weighted by atomic mass is 10.2. The molecule has 0 aliphatic heterocycles. The predicted octanol–water partition coefficient (Wildman–Crippen LogP) is 1.45. The van der Waals surface area contributed by atoms with Gasteiger partial charge in [0.05, 0.1) is 23.3 Å². The van der Waals surface area contributed by atoms with Crippen molar-refractivity contribution in [3.8, 4) is 11.8 Å². The highest BCUT2D eigenvalue weighted by molar-refractivity contribution is 5.90. The van der Waals surface area contributed by atoms with E-state index in [-0.39, 0.29) is 5.56 Å². The number of hydrogen-bond acceptors (Lipinski definition) is 4. The summed E-state index contributed by atoms with van der Waals surface area (Å²) in [6.45, 7) is 3.33. The number of aromatic carboxylic acids is 1. The largest absolute Gasteiger partial charge is 0.478 e. The summed E-state index contributed by atoms with van der Waals surface area (Å²) < 4.78 is 1.51. The topological polar surface area (TPSA) is 91.8 Å². The molecule has 0 radical (unpaired) electrons. The van der Waals surface area contributed by atoms with E-state index in [1.807, 2.05) is 6.07 Å². The smallest absolute Gasteiger partial charge is 0.339 e. The van der Waals surface area contributed by atoms with Gasteiger partial charge in [-0.1, -0.05) is 0 Å². The van der Waals surface area contributed by atoms with Gasteiger partial charge in [-0.15, -0.1) is 0 Å². The van der Waals surface area contributed by atoms with Crippen LogP contribution in [0.2, 0.25) is 0 Å². The number of carbonyl (C=O) groups is 1. The second kappa shape index (κ2) is 4.30. The van der Waals surface area contributed by atoms with Crippen LogP contribution >= 0.6 is 0 Å². The number of aromatic nitrogens is 3. The van der Waals surface area contributed by atoms with Gasteiger partial charge >= 0.3 is 5.97 Å². The van der Waals surface area contributed by atoms with Gasteiger partial charge in [-0.2, -0.15) is 10.4 Å². The average molecular weight is 242 g/mol. The molecule has 0 amide bonds. The lowest BCUT2D eigenvalue weighted by Gasteiger charge is -2.03. The van der Waals surface area contributed by atoms with Gasteiger partial charge in [0.25, 0.3) is 0 Å². The standard InChI is InChI=1S/C12H10N4O2/c1-7-11(12(17)18)8(2)16(15-7)10-4-3-9(5-13)14-6-10/h3-4,6H,1-2H3,(H,17,18). The van der Waals surface area contributed by atoms with Crippen molar-refractivity contribution in [2.24, 2.45) is 0 Å². The average Bonchev–Trinajstić information content (AvgIpc) is 2.65. The molecule has 0 saturated heterocycles. The highest BCUT2D eigenvalue weighted by Crippen LogP contribution is 2.17. The van der Waals surface area contributed by atoms with Crippen LogP contribution in [-0.4, -0.2) is 25.8 Å². The minimum absolute atomic E-state index is 0.194. The lowest BCUT2D eigenvalue weighted by Crippen LogP contribution is -2.03. The van der Waals surface area contributed by atoms with Gasteiger partial charge in [-0.3, -0.25) is 0 Å². The van der Waals surface area contributed by atoms with Gasteiger partial charge < -0.3 is 5.11 Å². The fraction of sp³-hybridized carbons (Fsp3) is 0.167. The number of nitriles is 1. The second-order valence-electron chi connectivity index (χ2n) is 3.78. The van der Waals surface area contributed by atoms with Crippen molar-refractivity contribution in [1.82, 2.24) is 14.8 Å². The Hall–Kier alpha value is -2.68. The Morgan fingerprint density at radius 1 is 1.44 bits per heavy atom. The molecule has 0 aliphatic rings. The number of aryl methyl sites for hydroxylation is 1. The minimum atomic E-state index is -1.00. The molecule has 0 bridgehead atoms. The maximum Gasteiger partial charge on any atom is 0.339 e. The summed E-state index contributed by atoms with van der Waals surface area (Å²) in [5.74, 6) is -1.00. The SMILES string of the molecule is Cc1nn(-c2ccc(C#N)nc2)c(C)c1C(=O)O.